The maximum atomic E-state index is 5.53. The van der Waals surface area contributed by atoms with E-state index in [4.69, 9.17) is 9.15 Å². The van der Waals surface area contributed by atoms with Crippen molar-refractivity contribution in [2.24, 2.45) is 5.92 Å². The van der Waals surface area contributed by atoms with Gasteiger partial charge in [-0.3, -0.25) is 0 Å². The molecule has 3 atom stereocenters. The van der Waals surface area contributed by atoms with Gasteiger partial charge in [-0.1, -0.05) is 5.10 Å². The van der Waals surface area contributed by atoms with Crippen LogP contribution < -0.4 is 10.6 Å². The molecule has 2 rings (SSSR count). The first-order valence-electron chi connectivity index (χ1n) is 6.05. The van der Waals surface area contributed by atoms with Crippen LogP contribution in [0.4, 0.5) is 6.01 Å². The highest BCUT2D eigenvalue weighted by molar-refractivity contribution is 5.20. The van der Waals surface area contributed by atoms with E-state index in [-0.39, 0.29) is 12.1 Å². The van der Waals surface area contributed by atoms with Crippen LogP contribution in [0.3, 0.4) is 0 Å². The van der Waals surface area contributed by atoms with Gasteiger partial charge in [0.2, 0.25) is 5.89 Å². The summed E-state index contributed by atoms with van der Waals surface area (Å²) < 4.78 is 10.9. The summed E-state index contributed by atoms with van der Waals surface area (Å²) in [4.78, 5) is 0. The molecule has 6 nitrogen and oxygen atoms in total. The Kier molecular flexibility index (Phi) is 3.96. The first-order valence-corrected chi connectivity index (χ1v) is 6.05. The Morgan fingerprint density at radius 2 is 2.18 bits per heavy atom. The topological polar surface area (TPSA) is 72.2 Å². The van der Waals surface area contributed by atoms with Gasteiger partial charge in [0.05, 0.1) is 12.6 Å². The molecule has 1 fully saturated rings. The zero-order valence-corrected chi connectivity index (χ0v) is 10.6. The van der Waals surface area contributed by atoms with Gasteiger partial charge in [-0.15, -0.1) is 5.10 Å². The minimum Gasteiger partial charge on any atom is -0.406 e. The molecule has 96 valence electrons. The number of hydrogen-bond donors (Lipinski definition) is 2. The van der Waals surface area contributed by atoms with E-state index in [2.05, 4.69) is 27.8 Å². The molecule has 1 aliphatic rings. The fourth-order valence-corrected chi connectivity index (χ4v) is 1.85. The van der Waals surface area contributed by atoms with Gasteiger partial charge < -0.3 is 19.8 Å². The van der Waals surface area contributed by atoms with Crippen molar-refractivity contribution in [3.63, 3.8) is 0 Å². The van der Waals surface area contributed by atoms with Crippen LogP contribution in [0.1, 0.15) is 32.2 Å². The quantitative estimate of drug-likeness (QED) is 0.805. The monoisotopic (exact) mass is 240 g/mol. The second-order valence-electron chi connectivity index (χ2n) is 4.51. The highest BCUT2D eigenvalue weighted by Gasteiger charge is 2.23. The van der Waals surface area contributed by atoms with Gasteiger partial charge in [-0.25, -0.2) is 0 Å². The number of anilines is 1. The van der Waals surface area contributed by atoms with E-state index < -0.39 is 0 Å². The van der Waals surface area contributed by atoms with Crippen LogP contribution >= 0.6 is 0 Å². The van der Waals surface area contributed by atoms with E-state index in [0.29, 0.717) is 17.8 Å². The van der Waals surface area contributed by atoms with Crippen LogP contribution in [-0.4, -0.2) is 36.5 Å². The molecule has 17 heavy (non-hydrogen) atoms. The van der Waals surface area contributed by atoms with Crippen molar-refractivity contribution in [2.75, 3.05) is 25.6 Å². The molecule has 1 saturated heterocycles. The molecule has 1 aliphatic heterocycles. The lowest BCUT2D eigenvalue weighted by atomic mass is 10.0. The van der Waals surface area contributed by atoms with Crippen LogP contribution in [-0.2, 0) is 4.74 Å². The standard InChI is InChI=1S/C11H20N4O2/c1-7(9-4-5-16-6-9)13-11-15-14-10(17-11)8(2)12-3/h7-9,12H,4-6H2,1-3H3,(H,13,15). The van der Waals surface area contributed by atoms with Crippen molar-refractivity contribution in [3.8, 4) is 0 Å². The number of aromatic nitrogens is 2. The molecule has 2 N–H and O–H groups in total. The van der Waals surface area contributed by atoms with E-state index in [1.54, 1.807) is 0 Å². The third-order valence-electron chi connectivity index (χ3n) is 3.27. The second-order valence-corrected chi connectivity index (χ2v) is 4.51. The Bertz CT molecular complexity index is 349. The molecule has 0 bridgehead atoms. The molecule has 2 heterocycles. The molecule has 0 aliphatic carbocycles. The average Bonchev–Trinajstić information content (AvgIpc) is 2.98. The Morgan fingerprint density at radius 3 is 2.82 bits per heavy atom. The predicted octanol–water partition coefficient (Wildman–Crippen LogP) is 1.19. The summed E-state index contributed by atoms with van der Waals surface area (Å²) in [5.41, 5.74) is 0. The summed E-state index contributed by atoms with van der Waals surface area (Å²) in [5, 5.41) is 14.3. The Balaban J connectivity index is 1.91. The Labute approximate surface area is 101 Å². The van der Waals surface area contributed by atoms with E-state index in [0.717, 1.165) is 19.6 Å². The van der Waals surface area contributed by atoms with Gasteiger partial charge in [-0.05, 0) is 27.3 Å². The third-order valence-corrected chi connectivity index (χ3v) is 3.27. The number of hydrogen-bond acceptors (Lipinski definition) is 6. The summed E-state index contributed by atoms with van der Waals surface area (Å²) in [6.07, 6.45) is 1.09. The van der Waals surface area contributed by atoms with E-state index in [9.17, 15) is 0 Å². The van der Waals surface area contributed by atoms with E-state index >= 15 is 0 Å². The van der Waals surface area contributed by atoms with Crippen LogP contribution in [0.5, 0.6) is 0 Å². The maximum absolute atomic E-state index is 5.53. The predicted molar refractivity (Wildman–Crippen MR) is 63.8 cm³/mol. The zero-order valence-electron chi connectivity index (χ0n) is 10.6. The molecule has 0 spiro atoms. The normalized spacial score (nSPS) is 23.6. The molecule has 6 heteroatoms. The summed E-state index contributed by atoms with van der Waals surface area (Å²) in [5.74, 6) is 1.12. The number of rotatable bonds is 5. The van der Waals surface area contributed by atoms with Gasteiger partial charge in [0.25, 0.3) is 0 Å². The van der Waals surface area contributed by atoms with E-state index in [1.165, 1.54) is 0 Å². The third kappa shape index (κ3) is 2.95. The number of ether oxygens (including phenoxy) is 1. The van der Waals surface area contributed by atoms with Gasteiger partial charge in [0.15, 0.2) is 0 Å². The summed E-state index contributed by atoms with van der Waals surface area (Å²) in [6.45, 7) is 5.75. The lowest BCUT2D eigenvalue weighted by Crippen LogP contribution is -2.26. The fourth-order valence-electron chi connectivity index (χ4n) is 1.85. The molecule has 0 aromatic carbocycles. The number of nitrogens with zero attached hydrogens (tertiary/aromatic N) is 2. The van der Waals surface area contributed by atoms with Gasteiger partial charge in [0.1, 0.15) is 0 Å². The highest BCUT2D eigenvalue weighted by atomic mass is 16.5. The lowest BCUT2D eigenvalue weighted by Gasteiger charge is -2.17. The molecule has 0 amide bonds. The minimum absolute atomic E-state index is 0.0724. The van der Waals surface area contributed by atoms with E-state index in [1.807, 2.05) is 14.0 Å². The van der Waals surface area contributed by atoms with Crippen LogP contribution in [0.2, 0.25) is 0 Å². The molecule has 1 aromatic heterocycles. The summed E-state index contributed by atoms with van der Waals surface area (Å²) >= 11 is 0. The molecule has 1 aromatic rings. The minimum atomic E-state index is 0.0724. The zero-order chi connectivity index (χ0) is 12.3. The average molecular weight is 240 g/mol. The summed E-state index contributed by atoms with van der Waals surface area (Å²) in [7, 11) is 1.86. The molecule has 3 unspecified atom stereocenters. The van der Waals surface area contributed by atoms with Gasteiger partial charge in [0, 0.05) is 18.6 Å². The van der Waals surface area contributed by atoms with Crippen molar-refractivity contribution in [2.45, 2.75) is 32.4 Å². The summed E-state index contributed by atoms with van der Waals surface area (Å²) in [6, 6.07) is 0.848. The second kappa shape index (κ2) is 5.46. The van der Waals surface area contributed by atoms with Crippen molar-refractivity contribution >= 4 is 6.01 Å². The highest BCUT2D eigenvalue weighted by Crippen LogP contribution is 2.20. The van der Waals surface area contributed by atoms with Crippen molar-refractivity contribution in [1.29, 1.82) is 0 Å². The van der Waals surface area contributed by atoms with Crippen LogP contribution in [0, 0.1) is 5.92 Å². The largest absolute Gasteiger partial charge is 0.406 e. The first-order chi connectivity index (χ1) is 8.20. The SMILES string of the molecule is CNC(C)c1nnc(NC(C)C2CCOC2)o1. The van der Waals surface area contributed by atoms with Crippen molar-refractivity contribution in [1.82, 2.24) is 15.5 Å². The molecule has 0 radical (unpaired) electrons. The van der Waals surface area contributed by atoms with Crippen molar-refractivity contribution < 1.29 is 9.15 Å². The lowest BCUT2D eigenvalue weighted by molar-refractivity contribution is 0.183. The fraction of sp³-hybridized carbons (Fsp3) is 0.818. The van der Waals surface area contributed by atoms with Crippen LogP contribution in [0.15, 0.2) is 4.42 Å². The van der Waals surface area contributed by atoms with Gasteiger partial charge >= 0.3 is 6.01 Å². The molecular weight excluding hydrogens is 220 g/mol. The Hall–Kier alpha value is -1.14. The number of nitrogens with one attached hydrogen (secondary N) is 2. The first kappa shape index (κ1) is 12.3. The van der Waals surface area contributed by atoms with Crippen LogP contribution in [0.25, 0.3) is 0 Å². The molecule has 0 saturated carbocycles. The van der Waals surface area contributed by atoms with Crippen molar-refractivity contribution in [3.05, 3.63) is 5.89 Å². The smallest absolute Gasteiger partial charge is 0.315 e. The maximum Gasteiger partial charge on any atom is 0.315 e. The molecular formula is C11H20N4O2. The van der Waals surface area contributed by atoms with Gasteiger partial charge in [-0.2, -0.15) is 0 Å². The Morgan fingerprint density at radius 1 is 1.35 bits per heavy atom.